The van der Waals surface area contributed by atoms with Crippen molar-refractivity contribution in [3.8, 4) is 11.5 Å². The molecule has 0 spiro atoms. The lowest BCUT2D eigenvalue weighted by molar-refractivity contribution is -0.0543. The van der Waals surface area contributed by atoms with Crippen molar-refractivity contribution in [1.82, 2.24) is 9.55 Å². The van der Waals surface area contributed by atoms with Crippen LogP contribution in [0.25, 0.3) is 0 Å². The molecule has 1 aromatic heterocycles. The number of phosphoric ester groups is 1. The molecule has 2 heterocycles. The maximum atomic E-state index is 12.9. The van der Waals surface area contributed by atoms with Gasteiger partial charge in [-0.25, -0.2) is 9.36 Å². The Balaban J connectivity index is 1.78. The summed E-state index contributed by atoms with van der Waals surface area (Å²) in [4.78, 5) is 33.4. The predicted octanol–water partition coefficient (Wildman–Crippen LogP) is 1.83. The number of hydrogen-bond acceptors (Lipinski definition) is 9. The van der Waals surface area contributed by atoms with E-state index in [1.54, 1.807) is 38.5 Å². The van der Waals surface area contributed by atoms with Crippen molar-refractivity contribution in [3.05, 3.63) is 86.5 Å². The summed E-state index contributed by atoms with van der Waals surface area (Å²) in [6, 6.07) is 14.6. The summed E-state index contributed by atoms with van der Waals surface area (Å²) in [6.07, 6.45) is -4.44. The smallest absolute Gasteiger partial charge is 0.469 e. The summed E-state index contributed by atoms with van der Waals surface area (Å²) in [5.41, 5.74) is 1.42. The zero-order valence-electron chi connectivity index (χ0n) is 20.3. The molecule has 1 saturated heterocycles. The van der Waals surface area contributed by atoms with E-state index in [-0.39, 0.29) is 4.64 Å². The van der Waals surface area contributed by atoms with Gasteiger partial charge in [-0.05, 0) is 35.4 Å². The summed E-state index contributed by atoms with van der Waals surface area (Å²) >= 11 is 5.53. The van der Waals surface area contributed by atoms with E-state index < -0.39 is 50.6 Å². The molecular formula is C24H27N2O10PS. The van der Waals surface area contributed by atoms with E-state index in [4.69, 9.17) is 36.2 Å². The Morgan fingerprint density at radius 3 is 2.00 bits per heavy atom. The van der Waals surface area contributed by atoms with E-state index in [2.05, 4.69) is 9.51 Å². The Labute approximate surface area is 222 Å². The average molecular weight is 567 g/mol. The van der Waals surface area contributed by atoms with Gasteiger partial charge >= 0.3 is 13.5 Å². The fraction of sp³-hybridized carbons (Fsp3) is 0.333. The second kappa shape index (κ2) is 11.5. The molecule has 2 aromatic carbocycles. The number of H-pyrrole nitrogens is 1. The largest absolute Gasteiger partial charge is 0.497 e. The highest BCUT2D eigenvalue weighted by molar-refractivity contribution is 7.71. The van der Waals surface area contributed by atoms with Gasteiger partial charge in [-0.15, -0.1) is 0 Å². The van der Waals surface area contributed by atoms with Gasteiger partial charge < -0.3 is 34.2 Å². The first-order valence-electron chi connectivity index (χ1n) is 11.4. The lowest BCUT2D eigenvalue weighted by atomic mass is 9.86. The molecule has 1 aliphatic rings. The molecule has 0 radical (unpaired) electrons. The normalized spacial score (nSPS) is 21.6. The van der Waals surface area contributed by atoms with E-state index in [0.717, 1.165) is 15.7 Å². The van der Waals surface area contributed by atoms with E-state index in [9.17, 15) is 19.6 Å². The van der Waals surface area contributed by atoms with Crippen molar-refractivity contribution in [1.29, 1.82) is 0 Å². The molecular weight excluding hydrogens is 539 g/mol. The molecule has 38 heavy (non-hydrogen) atoms. The lowest BCUT2D eigenvalue weighted by Crippen LogP contribution is -2.36. The number of rotatable bonds is 9. The van der Waals surface area contributed by atoms with Crippen LogP contribution < -0.4 is 15.2 Å². The summed E-state index contributed by atoms with van der Waals surface area (Å²) in [7, 11) is -1.74. The molecule has 0 amide bonds. The number of aromatic amines is 1. The standard InChI is InChI=1S/C24H27N2O10PS/c1-33-15-7-3-13(4-8-15)19(14-5-9-16(34-2)10-6-14)17-11-26(24(29)25-22(17)38)23-21(28)20(27)18(36-23)12-35-37(30,31)32/h3-11,18-21,23,27-28H,12H2,1-2H3,(H,25,29,38)(H2,30,31,32)/t18-,20-,21-,23-/m1/s1. The van der Waals surface area contributed by atoms with Gasteiger partial charge in [0.1, 0.15) is 34.5 Å². The number of nitrogens with zero attached hydrogens (tertiary/aromatic N) is 1. The van der Waals surface area contributed by atoms with Crippen LogP contribution in [0.5, 0.6) is 11.5 Å². The van der Waals surface area contributed by atoms with Crippen molar-refractivity contribution in [2.45, 2.75) is 30.5 Å². The van der Waals surface area contributed by atoms with Crippen molar-refractivity contribution >= 4 is 20.0 Å². The number of phosphoric acid groups is 1. The van der Waals surface area contributed by atoms with E-state index in [1.165, 1.54) is 6.20 Å². The molecule has 12 nitrogen and oxygen atoms in total. The highest BCUT2D eigenvalue weighted by atomic mass is 32.1. The Morgan fingerprint density at radius 2 is 1.53 bits per heavy atom. The van der Waals surface area contributed by atoms with Crippen LogP contribution in [0, 0.1) is 4.64 Å². The maximum absolute atomic E-state index is 12.9. The Bertz CT molecular complexity index is 1370. The summed E-state index contributed by atoms with van der Waals surface area (Å²) in [5, 5.41) is 21.0. The van der Waals surface area contributed by atoms with E-state index in [0.29, 0.717) is 17.1 Å². The summed E-state index contributed by atoms with van der Waals surface area (Å²) < 4.78 is 32.8. The SMILES string of the molecule is COc1ccc(C(c2ccc(OC)cc2)c2cn([C@@H]3O[C@H](COP(=O)(O)O)[C@@H](O)[C@H]3O)c(=O)[nH]c2=S)cc1. The molecule has 0 aliphatic carbocycles. The van der Waals surface area contributed by atoms with E-state index in [1.807, 2.05) is 24.3 Å². The first-order chi connectivity index (χ1) is 18.0. The molecule has 204 valence electrons. The fourth-order valence-electron chi connectivity index (χ4n) is 4.31. The van der Waals surface area contributed by atoms with Gasteiger partial charge in [0.05, 0.1) is 20.8 Å². The van der Waals surface area contributed by atoms with Crippen LogP contribution in [0.4, 0.5) is 0 Å². The zero-order chi connectivity index (χ0) is 27.6. The van der Waals surface area contributed by atoms with Crippen LogP contribution in [-0.2, 0) is 13.8 Å². The highest BCUT2D eigenvalue weighted by Crippen LogP contribution is 2.39. The minimum Gasteiger partial charge on any atom is -0.497 e. The highest BCUT2D eigenvalue weighted by Gasteiger charge is 2.45. The van der Waals surface area contributed by atoms with Crippen molar-refractivity contribution in [2.24, 2.45) is 0 Å². The molecule has 4 atom stereocenters. The van der Waals surface area contributed by atoms with Crippen LogP contribution >= 0.6 is 20.0 Å². The Hall–Kier alpha value is -2.87. The van der Waals surface area contributed by atoms with E-state index >= 15 is 0 Å². The van der Waals surface area contributed by atoms with Gasteiger partial charge in [0.25, 0.3) is 0 Å². The first kappa shape index (κ1) is 28.1. The molecule has 3 aromatic rings. The third kappa shape index (κ3) is 6.06. The topological polar surface area (TPSA) is 173 Å². The molecule has 0 bridgehead atoms. The van der Waals surface area contributed by atoms with Crippen LogP contribution in [0.2, 0.25) is 0 Å². The van der Waals surface area contributed by atoms with Crippen LogP contribution in [0.1, 0.15) is 28.8 Å². The number of aromatic nitrogens is 2. The summed E-state index contributed by atoms with van der Waals surface area (Å²) in [5.74, 6) is 0.828. The minimum absolute atomic E-state index is 0.150. The van der Waals surface area contributed by atoms with Crippen molar-refractivity contribution in [3.63, 3.8) is 0 Å². The van der Waals surface area contributed by atoms with Gasteiger partial charge in [0.2, 0.25) is 0 Å². The lowest BCUT2D eigenvalue weighted by Gasteiger charge is -2.23. The van der Waals surface area contributed by atoms with Crippen molar-refractivity contribution < 1.29 is 43.3 Å². The fourth-order valence-corrected chi connectivity index (χ4v) is 4.91. The molecule has 5 N–H and O–H groups in total. The zero-order valence-corrected chi connectivity index (χ0v) is 22.0. The quantitative estimate of drug-likeness (QED) is 0.189. The van der Waals surface area contributed by atoms with Gasteiger partial charge in [-0.3, -0.25) is 14.1 Å². The van der Waals surface area contributed by atoms with Crippen molar-refractivity contribution in [2.75, 3.05) is 20.8 Å². The van der Waals surface area contributed by atoms with Gasteiger partial charge in [0, 0.05) is 17.7 Å². The molecule has 0 saturated carbocycles. The predicted molar refractivity (Wildman–Crippen MR) is 137 cm³/mol. The van der Waals surface area contributed by atoms with Gasteiger partial charge in [-0.1, -0.05) is 36.5 Å². The second-order valence-corrected chi connectivity index (χ2v) is 10.2. The summed E-state index contributed by atoms with van der Waals surface area (Å²) in [6.45, 7) is -0.705. The molecule has 1 aliphatic heterocycles. The average Bonchev–Trinajstić information content (AvgIpc) is 3.17. The third-order valence-electron chi connectivity index (χ3n) is 6.22. The molecule has 1 fully saturated rings. The second-order valence-electron chi connectivity index (χ2n) is 8.56. The molecule has 14 heteroatoms. The third-order valence-corrected chi connectivity index (χ3v) is 7.05. The number of hydrogen-bond donors (Lipinski definition) is 5. The number of methoxy groups -OCH3 is 2. The molecule has 0 unspecified atom stereocenters. The van der Waals surface area contributed by atoms with Crippen LogP contribution in [0.3, 0.4) is 0 Å². The number of benzene rings is 2. The van der Waals surface area contributed by atoms with Gasteiger partial charge in [-0.2, -0.15) is 0 Å². The van der Waals surface area contributed by atoms with Crippen LogP contribution in [0.15, 0.2) is 59.5 Å². The number of ether oxygens (including phenoxy) is 3. The monoisotopic (exact) mass is 566 g/mol. The maximum Gasteiger partial charge on any atom is 0.469 e. The number of nitrogens with one attached hydrogen (secondary N) is 1. The minimum atomic E-state index is -4.85. The number of aliphatic hydroxyl groups excluding tert-OH is 2. The Morgan fingerprint density at radius 1 is 1.00 bits per heavy atom. The van der Waals surface area contributed by atoms with Crippen LogP contribution in [-0.4, -0.2) is 68.7 Å². The molecule has 4 rings (SSSR count). The number of aliphatic hydroxyl groups is 2. The first-order valence-corrected chi connectivity index (χ1v) is 13.3. The Kier molecular flexibility index (Phi) is 8.50. The van der Waals surface area contributed by atoms with Gasteiger partial charge in [0.15, 0.2) is 6.23 Å².